The van der Waals surface area contributed by atoms with Gasteiger partial charge >= 0.3 is 17.9 Å². The third-order valence-electron chi connectivity index (χ3n) is 14.5. The van der Waals surface area contributed by atoms with Gasteiger partial charge in [0.25, 0.3) is 0 Å². The minimum atomic E-state index is -0.783. The van der Waals surface area contributed by atoms with Gasteiger partial charge < -0.3 is 14.2 Å². The van der Waals surface area contributed by atoms with E-state index in [1.54, 1.807) is 0 Å². The van der Waals surface area contributed by atoms with Gasteiger partial charge in [0, 0.05) is 19.3 Å². The average Bonchev–Trinajstić information content (AvgIpc) is 3.40. The van der Waals surface area contributed by atoms with E-state index in [1.165, 1.54) is 218 Å². The van der Waals surface area contributed by atoms with Crippen LogP contribution in [0.3, 0.4) is 0 Å². The quantitative estimate of drug-likeness (QED) is 0.0261. The number of hydrogen-bond donors (Lipinski definition) is 0. The molecule has 6 nitrogen and oxygen atoms in total. The van der Waals surface area contributed by atoms with Gasteiger partial charge in [0.05, 0.1) is 0 Å². The lowest BCUT2D eigenvalue weighted by Crippen LogP contribution is -2.30. The summed E-state index contributed by atoms with van der Waals surface area (Å²) in [4.78, 5) is 38.3. The van der Waals surface area contributed by atoms with Crippen LogP contribution in [-0.4, -0.2) is 37.2 Å². The Morgan fingerprint density at radius 3 is 0.770 bits per heavy atom. The van der Waals surface area contributed by atoms with Crippen molar-refractivity contribution in [3.8, 4) is 0 Å². The van der Waals surface area contributed by atoms with Crippen LogP contribution in [0.25, 0.3) is 0 Å². The molecular formula is C68H124O6. The molecule has 0 aliphatic rings. The van der Waals surface area contributed by atoms with Crippen LogP contribution in [0, 0.1) is 0 Å². The fraction of sp³-hybridized carbons (Fsp3) is 0.838. The molecule has 0 rings (SSSR count). The SMILES string of the molecule is CCCCCC/C=C\C/C=C\CCCCCCCC(=O)OC(COC(=O)CCCCCCC/C=C\CCCCCC)COC(=O)CCCCCCCCCCCCCCCCC/C=C\CCCCCCCCCC. The highest BCUT2D eigenvalue weighted by Crippen LogP contribution is 2.17. The molecule has 1 atom stereocenters. The molecule has 0 radical (unpaired) electrons. The highest BCUT2D eigenvalue weighted by molar-refractivity contribution is 5.71. The number of rotatable bonds is 60. The van der Waals surface area contributed by atoms with Crippen molar-refractivity contribution in [1.82, 2.24) is 0 Å². The third-order valence-corrected chi connectivity index (χ3v) is 14.5. The van der Waals surface area contributed by atoms with Gasteiger partial charge in [-0.3, -0.25) is 14.4 Å². The van der Waals surface area contributed by atoms with E-state index in [4.69, 9.17) is 14.2 Å². The molecule has 0 aliphatic carbocycles. The van der Waals surface area contributed by atoms with Crippen LogP contribution in [-0.2, 0) is 28.6 Å². The summed E-state index contributed by atoms with van der Waals surface area (Å²) in [5, 5.41) is 0. The minimum absolute atomic E-state index is 0.0787. The van der Waals surface area contributed by atoms with E-state index in [9.17, 15) is 14.4 Å². The first-order valence-electron chi connectivity index (χ1n) is 32.6. The molecule has 0 aromatic carbocycles. The Hall–Kier alpha value is -2.63. The molecule has 0 saturated carbocycles. The standard InChI is InChI=1S/C68H124O6/c1-4-7-10-13-16-19-22-25-27-29-30-31-32-33-34-35-36-37-38-39-41-43-46-49-52-55-58-61-67(70)73-64-65(63-72-66(69)60-57-54-51-48-45-42-24-21-18-15-12-9-6-3)74-68(71)62-59-56-53-50-47-44-40-28-26-23-20-17-14-11-8-5-2/h20-21,23-24,28-30,40,65H,4-19,22,25-27,31-39,41-64H2,1-3H3/b23-20-,24-21-,30-29-,40-28-. The van der Waals surface area contributed by atoms with Crippen molar-refractivity contribution in [1.29, 1.82) is 0 Å². The van der Waals surface area contributed by atoms with Crippen LogP contribution in [0.4, 0.5) is 0 Å². The van der Waals surface area contributed by atoms with Crippen LogP contribution < -0.4 is 0 Å². The predicted octanol–water partition coefficient (Wildman–Crippen LogP) is 22.2. The topological polar surface area (TPSA) is 78.9 Å². The van der Waals surface area contributed by atoms with Crippen molar-refractivity contribution in [3.05, 3.63) is 48.6 Å². The molecule has 1 unspecified atom stereocenters. The molecule has 0 bridgehead atoms. The Morgan fingerprint density at radius 2 is 0.486 bits per heavy atom. The highest BCUT2D eigenvalue weighted by Gasteiger charge is 2.19. The molecule has 432 valence electrons. The highest BCUT2D eigenvalue weighted by atomic mass is 16.6. The van der Waals surface area contributed by atoms with Crippen molar-refractivity contribution in [2.45, 2.75) is 354 Å². The summed E-state index contributed by atoms with van der Waals surface area (Å²) in [7, 11) is 0. The average molecular weight is 1040 g/mol. The lowest BCUT2D eigenvalue weighted by atomic mass is 10.0. The monoisotopic (exact) mass is 1040 g/mol. The van der Waals surface area contributed by atoms with Crippen LogP contribution in [0.1, 0.15) is 348 Å². The van der Waals surface area contributed by atoms with Crippen molar-refractivity contribution < 1.29 is 28.6 Å². The number of ether oxygens (including phenoxy) is 3. The Balaban J connectivity index is 4.23. The first-order valence-corrected chi connectivity index (χ1v) is 32.6. The number of carbonyl (C=O) groups excluding carboxylic acids is 3. The van der Waals surface area contributed by atoms with Gasteiger partial charge in [-0.2, -0.15) is 0 Å². The summed E-state index contributed by atoms with van der Waals surface area (Å²) in [5.41, 5.74) is 0. The maximum absolute atomic E-state index is 12.9. The molecule has 0 aromatic heterocycles. The Morgan fingerprint density at radius 1 is 0.270 bits per heavy atom. The number of unbranched alkanes of at least 4 members (excludes halogenated alkanes) is 41. The zero-order valence-corrected chi connectivity index (χ0v) is 49.6. The molecule has 74 heavy (non-hydrogen) atoms. The fourth-order valence-electron chi connectivity index (χ4n) is 9.58. The second-order valence-corrected chi connectivity index (χ2v) is 22.0. The second-order valence-electron chi connectivity index (χ2n) is 22.0. The van der Waals surface area contributed by atoms with E-state index in [1.807, 2.05) is 0 Å². The van der Waals surface area contributed by atoms with Gasteiger partial charge in [-0.1, -0.05) is 275 Å². The Bertz CT molecular complexity index is 1280. The van der Waals surface area contributed by atoms with E-state index in [0.29, 0.717) is 19.3 Å². The first kappa shape index (κ1) is 71.4. The van der Waals surface area contributed by atoms with Crippen molar-refractivity contribution in [2.75, 3.05) is 13.2 Å². The molecule has 6 heteroatoms. The maximum atomic E-state index is 12.9. The van der Waals surface area contributed by atoms with Crippen LogP contribution >= 0.6 is 0 Å². The van der Waals surface area contributed by atoms with Crippen LogP contribution in [0.15, 0.2) is 48.6 Å². The summed E-state index contributed by atoms with van der Waals surface area (Å²) in [5.74, 6) is -0.883. The summed E-state index contributed by atoms with van der Waals surface area (Å²) < 4.78 is 16.9. The third kappa shape index (κ3) is 60.2. The smallest absolute Gasteiger partial charge is 0.306 e. The summed E-state index contributed by atoms with van der Waals surface area (Å²) in [6, 6.07) is 0. The number of carbonyl (C=O) groups is 3. The zero-order chi connectivity index (χ0) is 53.6. The van der Waals surface area contributed by atoms with E-state index < -0.39 is 6.10 Å². The van der Waals surface area contributed by atoms with Gasteiger partial charge in [0.15, 0.2) is 6.10 Å². The lowest BCUT2D eigenvalue weighted by Gasteiger charge is -2.18. The van der Waals surface area contributed by atoms with Crippen molar-refractivity contribution in [3.63, 3.8) is 0 Å². The molecule has 0 spiro atoms. The lowest BCUT2D eigenvalue weighted by molar-refractivity contribution is -0.167. The van der Waals surface area contributed by atoms with Crippen LogP contribution in [0.5, 0.6) is 0 Å². The summed E-state index contributed by atoms with van der Waals surface area (Å²) in [6.45, 7) is 6.63. The maximum Gasteiger partial charge on any atom is 0.306 e. The molecule has 0 N–H and O–H groups in total. The largest absolute Gasteiger partial charge is 0.462 e. The molecule has 0 heterocycles. The number of allylic oxidation sites excluding steroid dienone is 8. The van der Waals surface area contributed by atoms with Crippen LogP contribution in [0.2, 0.25) is 0 Å². The molecule has 0 amide bonds. The number of esters is 3. The summed E-state index contributed by atoms with van der Waals surface area (Å²) >= 11 is 0. The van der Waals surface area contributed by atoms with Gasteiger partial charge in [-0.25, -0.2) is 0 Å². The van der Waals surface area contributed by atoms with E-state index in [2.05, 4.69) is 69.4 Å². The van der Waals surface area contributed by atoms with Gasteiger partial charge in [-0.15, -0.1) is 0 Å². The zero-order valence-electron chi connectivity index (χ0n) is 49.6. The van der Waals surface area contributed by atoms with E-state index in [0.717, 1.165) is 89.9 Å². The van der Waals surface area contributed by atoms with Crippen molar-refractivity contribution >= 4 is 17.9 Å². The molecule has 0 aromatic rings. The fourth-order valence-corrected chi connectivity index (χ4v) is 9.58. The van der Waals surface area contributed by atoms with Crippen molar-refractivity contribution in [2.24, 2.45) is 0 Å². The first-order chi connectivity index (χ1) is 36.5. The number of hydrogen-bond acceptors (Lipinski definition) is 6. The predicted molar refractivity (Wildman–Crippen MR) is 321 cm³/mol. The Labute approximate surface area is 460 Å². The molecule has 0 aliphatic heterocycles. The van der Waals surface area contributed by atoms with E-state index >= 15 is 0 Å². The normalized spacial score (nSPS) is 12.3. The second kappa shape index (κ2) is 62.9. The van der Waals surface area contributed by atoms with E-state index in [-0.39, 0.29) is 31.1 Å². The minimum Gasteiger partial charge on any atom is -0.462 e. The van der Waals surface area contributed by atoms with Gasteiger partial charge in [0.2, 0.25) is 0 Å². The van der Waals surface area contributed by atoms with Gasteiger partial charge in [-0.05, 0) is 103 Å². The molecule has 0 fully saturated rings. The molecule has 0 saturated heterocycles. The Kier molecular flexibility index (Phi) is 60.7. The molecular weight excluding hydrogens is 913 g/mol. The summed E-state index contributed by atoms with van der Waals surface area (Å²) in [6.07, 6.45) is 78.4. The van der Waals surface area contributed by atoms with Gasteiger partial charge in [0.1, 0.15) is 13.2 Å².